The first-order valence-electron chi connectivity index (χ1n) is 7.16. The molecule has 3 N–H and O–H groups in total. The second-order valence-electron chi connectivity index (χ2n) is 5.04. The zero-order valence-electron chi connectivity index (χ0n) is 12.6. The number of phenolic OH excluding ortho intramolecular Hbond substituents is 1. The average Bonchev–Trinajstić information content (AvgIpc) is 2.62. The van der Waals surface area contributed by atoms with E-state index in [9.17, 15) is 9.90 Å². The maximum Gasteiger partial charge on any atom is 0.161 e. The number of aldehydes is 1. The van der Waals surface area contributed by atoms with E-state index in [0.717, 1.165) is 11.8 Å². The van der Waals surface area contributed by atoms with E-state index in [2.05, 4.69) is 22.0 Å². The van der Waals surface area contributed by atoms with E-state index in [0.29, 0.717) is 22.4 Å². The molecule has 0 aliphatic rings. The van der Waals surface area contributed by atoms with Crippen LogP contribution in [0.25, 0.3) is 11.3 Å². The van der Waals surface area contributed by atoms with Crippen LogP contribution in [0.1, 0.15) is 21.5 Å². The summed E-state index contributed by atoms with van der Waals surface area (Å²) < 4.78 is 0. The Bertz CT molecular complexity index is 954. The van der Waals surface area contributed by atoms with Crippen LogP contribution in [0.15, 0.2) is 54.6 Å². The number of carbonyl (C=O) groups is 1. The van der Waals surface area contributed by atoms with E-state index >= 15 is 0 Å². The number of nitrogens with two attached hydrogens (primary N) is 1. The van der Waals surface area contributed by atoms with Gasteiger partial charge in [0.25, 0.3) is 0 Å². The van der Waals surface area contributed by atoms with Crippen LogP contribution >= 0.6 is 0 Å². The van der Waals surface area contributed by atoms with Gasteiger partial charge in [0, 0.05) is 16.7 Å². The summed E-state index contributed by atoms with van der Waals surface area (Å²) in [5.41, 5.74) is 8.74. The molecule has 0 amide bonds. The molecular formula is C19H13N3O2. The van der Waals surface area contributed by atoms with Gasteiger partial charge >= 0.3 is 0 Å². The van der Waals surface area contributed by atoms with Gasteiger partial charge in [-0.2, -0.15) is 0 Å². The normalized spacial score (nSPS) is 9.83. The van der Waals surface area contributed by atoms with Crippen LogP contribution in [-0.2, 0) is 0 Å². The molecule has 3 aromatic rings. The summed E-state index contributed by atoms with van der Waals surface area (Å²) in [6.07, 6.45) is 0.778. The van der Waals surface area contributed by atoms with Crippen molar-refractivity contribution in [2.45, 2.75) is 0 Å². The third-order valence-corrected chi connectivity index (χ3v) is 3.39. The number of anilines is 1. The van der Waals surface area contributed by atoms with Gasteiger partial charge in [-0.3, -0.25) is 4.79 Å². The second-order valence-corrected chi connectivity index (χ2v) is 5.04. The molecule has 3 rings (SSSR count). The summed E-state index contributed by atoms with van der Waals surface area (Å²) in [4.78, 5) is 10.7. The number of para-hydroxylation sites is 1. The first-order valence-corrected chi connectivity index (χ1v) is 7.16. The van der Waals surface area contributed by atoms with Crippen molar-refractivity contribution < 1.29 is 9.90 Å². The van der Waals surface area contributed by atoms with Crippen LogP contribution in [0.3, 0.4) is 0 Å². The van der Waals surface area contributed by atoms with Gasteiger partial charge in [-0.1, -0.05) is 36.1 Å². The van der Waals surface area contributed by atoms with Crippen molar-refractivity contribution in [3.8, 4) is 28.8 Å². The van der Waals surface area contributed by atoms with Crippen molar-refractivity contribution in [3.63, 3.8) is 0 Å². The Morgan fingerprint density at radius 1 is 1.00 bits per heavy atom. The molecule has 0 aliphatic heterocycles. The molecule has 5 nitrogen and oxygen atoms in total. The SMILES string of the molecule is Nc1nnc(-c2ccccc2O)cc1C#Cc1ccc(C=O)cc1. The highest BCUT2D eigenvalue weighted by Gasteiger charge is 2.08. The fraction of sp³-hybridized carbons (Fsp3) is 0. The van der Waals surface area contributed by atoms with E-state index in [1.165, 1.54) is 0 Å². The molecule has 0 unspecified atom stereocenters. The average molecular weight is 315 g/mol. The molecule has 0 bridgehead atoms. The van der Waals surface area contributed by atoms with Crippen molar-refractivity contribution in [1.82, 2.24) is 10.2 Å². The molecule has 0 spiro atoms. The van der Waals surface area contributed by atoms with E-state index in [1.807, 2.05) is 0 Å². The lowest BCUT2D eigenvalue weighted by atomic mass is 10.1. The van der Waals surface area contributed by atoms with Crippen LogP contribution in [0.2, 0.25) is 0 Å². The second kappa shape index (κ2) is 6.63. The minimum absolute atomic E-state index is 0.111. The molecule has 0 saturated carbocycles. The Hall–Kier alpha value is -3.65. The van der Waals surface area contributed by atoms with Crippen LogP contribution in [-0.4, -0.2) is 21.6 Å². The fourth-order valence-corrected chi connectivity index (χ4v) is 2.11. The van der Waals surface area contributed by atoms with Crippen LogP contribution in [0, 0.1) is 11.8 Å². The standard InChI is InChI=1S/C19H13N3O2/c20-19-15(10-9-13-5-7-14(12-23)8-6-13)11-17(21-22-19)16-3-1-2-4-18(16)24/h1-8,11-12,24H,(H2,20,22). The minimum atomic E-state index is 0.111. The van der Waals surface area contributed by atoms with E-state index in [-0.39, 0.29) is 11.6 Å². The van der Waals surface area contributed by atoms with Crippen molar-refractivity contribution in [3.05, 3.63) is 71.3 Å². The van der Waals surface area contributed by atoms with Gasteiger partial charge in [0.2, 0.25) is 0 Å². The number of benzene rings is 2. The number of rotatable bonds is 2. The zero-order valence-corrected chi connectivity index (χ0v) is 12.6. The Kier molecular flexibility index (Phi) is 4.21. The summed E-state index contributed by atoms with van der Waals surface area (Å²) in [5, 5.41) is 17.8. The van der Waals surface area contributed by atoms with Crippen LogP contribution in [0.4, 0.5) is 5.82 Å². The summed E-state index contributed by atoms with van der Waals surface area (Å²) >= 11 is 0. The lowest BCUT2D eigenvalue weighted by Crippen LogP contribution is -1.99. The highest BCUT2D eigenvalue weighted by Crippen LogP contribution is 2.27. The molecule has 0 radical (unpaired) electrons. The highest BCUT2D eigenvalue weighted by atomic mass is 16.3. The molecule has 2 aromatic carbocycles. The molecule has 0 aliphatic carbocycles. The Morgan fingerprint density at radius 2 is 1.75 bits per heavy atom. The van der Waals surface area contributed by atoms with Crippen molar-refractivity contribution in [1.29, 1.82) is 0 Å². The van der Waals surface area contributed by atoms with Gasteiger partial charge in [0.15, 0.2) is 5.82 Å². The topological polar surface area (TPSA) is 89.1 Å². The van der Waals surface area contributed by atoms with E-state index in [4.69, 9.17) is 5.73 Å². The van der Waals surface area contributed by atoms with Crippen molar-refractivity contribution >= 4 is 12.1 Å². The monoisotopic (exact) mass is 315 g/mol. The molecule has 116 valence electrons. The molecule has 1 heterocycles. The lowest BCUT2D eigenvalue weighted by Gasteiger charge is -2.04. The quantitative estimate of drug-likeness (QED) is 0.560. The number of aromatic hydroxyl groups is 1. The Balaban J connectivity index is 1.97. The molecular weight excluding hydrogens is 302 g/mol. The number of nitrogen functional groups attached to an aromatic ring is 1. The number of carbonyl (C=O) groups excluding carboxylic acids is 1. The zero-order chi connectivity index (χ0) is 16.9. The number of hydrogen-bond acceptors (Lipinski definition) is 5. The predicted octanol–water partition coefficient (Wildman–Crippen LogP) is 2.64. The Labute approximate surface area is 138 Å². The maximum atomic E-state index is 10.7. The number of phenols is 1. The Morgan fingerprint density at radius 3 is 2.46 bits per heavy atom. The van der Waals surface area contributed by atoms with Gasteiger partial charge in [-0.05, 0) is 30.3 Å². The smallest absolute Gasteiger partial charge is 0.161 e. The predicted molar refractivity (Wildman–Crippen MR) is 91.4 cm³/mol. The maximum absolute atomic E-state index is 10.7. The molecule has 0 atom stereocenters. The largest absolute Gasteiger partial charge is 0.507 e. The van der Waals surface area contributed by atoms with Crippen molar-refractivity contribution in [2.24, 2.45) is 0 Å². The summed E-state index contributed by atoms with van der Waals surface area (Å²) in [5.74, 6) is 6.24. The first-order chi connectivity index (χ1) is 11.7. The van der Waals surface area contributed by atoms with Gasteiger partial charge < -0.3 is 10.8 Å². The van der Waals surface area contributed by atoms with Crippen molar-refractivity contribution in [2.75, 3.05) is 5.73 Å². The van der Waals surface area contributed by atoms with Crippen LogP contribution < -0.4 is 5.73 Å². The highest BCUT2D eigenvalue weighted by molar-refractivity contribution is 5.75. The number of aromatic nitrogens is 2. The van der Waals surface area contributed by atoms with E-state index in [1.54, 1.807) is 54.6 Å². The molecule has 24 heavy (non-hydrogen) atoms. The minimum Gasteiger partial charge on any atom is -0.507 e. The summed E-state index contributed by atoms with van der Waals surface area (Å²) in [6, 6.07) is 15.4. The third kappa shape index (κ3) is 3.23. The first kappa shape index (κ1) is 15.3. The van der Waals surface area contributed by atoms with Gasteiger partial charge in [0.1, 0.15) is 12.0 Å². The number of hydrogen-bond donors (Lipinski definition) is 2. The molecule has 0 saturated heterocycles. The molecule has 5 heteroatoms. The summed E-state index contributed by atoms with van der Waals surface area (Å²) in [7, 11) is 0. The molecule has 0 fully saturated rings. The van der Waals surface area contributed by atoms with Gasteiger partial charge in [0.05, 0.1) is 11.3 Å². The summed E-state index contributed by atoms with van der Waals surface area (Å²) in [6.45, 7) is 0. The van der Waals surface area contributed by atoms with Gasteiger partial charge in [-0.15, -0.1) is 10.2 Å². The van der Waals surface area contributed by atoms with Gasteiger partial charge in [-0.25, -0.2) is 0 Å². The molecule has 1 aromatic heterocycles. The fourth-order valence-electron chi connectivity index (χ4n) is 2.11. The van der Waals surface area contributed by atoms with Crippen LogP contribution in [0.5, 0.6) is 5.75 Å². The van der Waals surface area contributed by atoms with E-state index < -0.39 is 0 Å². The lowest BCUT2D eigenvalue weighted by molar-refractivity contribution is 0.112. The third-order valence-electron chi connectivity index (χ3n) is 3.39. The number of nitrogens with zero attached hydrogens (tertiary/aromatic N) is 2.